The van der Waals surface area contributed by atoms with Crippen LogP contribution in [0.3, 0.4) is 0 Å². The van der Waals surface area contributed by atoms with Crippen LogP contribution in [0.1, 0.15) is 43.9 Å². The number of fused-ring (bicyclic) bond motifs is 1. The highest BCUT2D eigenvalue weighted by Gasteiger charge is 2.27. The molecule has 0 atom stereocenters. The SMILES string of the molecule is COC(=O)c1c(NC(=O)C=Cc2ccc(OCc3ccccc3C)c(OC)c2)sc2c1CCC2. The third-order valence-electron chi connectivity index (χ3n) is 5.81. The number of carbonyl (C=O) groups is 2. The van der Waals surface area contributed by atoms with Gasteiger partial charge in [-0.3, -0.25) is 4.79 Å². The van der Waals surface area contributed by atoms with Crippen LogP contribution in [-0.2, 0) is 29.0 Å². The molecule has 1 N–H and O–H groups in total. The van der Waals surface area contributed by atoms with Crippen LogP contribution >= 0.6 is 11.3 Å². The van der Waals surface area contributed by atoms with Gasteiger partial charge in [0.2, 0.25) is 5.91 Å². The Morgan fingerprint density at radius 2 is 1.91 bits per heavy atom. The minimum Gasteiger partial charge on any atom is -0.493 e. The molecule has 0 fully saturated rings. The molecule has 1 heterocycles. The van der Waals surface area contributed by atoms with Crippen molar-refractivity contribution in [3.05, 3.63) is 81.2 Å². The number of rotatable bonds is 8. The highest BCUT2D eigenvalue weighted by atomic mass is 32.1. The smallest absolute Gasteiger partial charge is 0.341 e. The maximum atomic E-state index is 12.6. The Morgan fingerprint density at radius 3 is 2.68 bits per heavy atom. The third kappa shape index (κ3) is 5.15. The fraction of sp³-hybridized carbons (Fsp3) is 0.259. The molecule has 176 valence electrons. The summed E-state index contributed by atoms with van der Waals surface area (Å²) < 4.78 is 16.4. The number of nitrogens with one attached hydrogen (secondary N) is 1. The van der Waals surface area contributed by atoms with Gasteiger partial charge in [0.1, 0.15) is 11.6 Å². The van der Waals surface area contributed by atoms with Crippen molar-refractivity contribution in [2.75, 3.05) is 19.5 Å². The zero-order valence-electron chi connectivity index (χ0n) is 19.5. The lowest BCUT2D eigenvalue weighted by Gasteiger charge is -2.12. The number of ether oxygens (including phenoxy) is 3. The number of methoxy groups -OCH3 is 2. The molecule has 4 rings (SSSR count). The zero-order chi connectivity index (χ0) is 24.1. The molecule has 1 aliphatic carbocycles. The molecule has 1 aliphatic rings. The van der Waals surface area contributed by atoms with Crippen molar-refractivity contribution in [1.29, 1.82) is 0 Å². The number of benzene rings is 2. The summed E-state index contributed by atoms with van der Waals surface area (Å²) in [5, 5.41) is 3.39. The van der Waals surface area contributed by atoms with Crippen molar-refractivity contribution in [3.8, 4) is 11.5 Å². The molecule has 1 aromatic heterocycles. The van der Waals surface area contributed by atoms with E-state index in [-0.39, 0.29) is 5.91 Å². The molecule has 0 saturated heterocycles. The summed E-state index contributed by atoms with van der Waals surface area (Å²) in [6.45, 7) is 2.49. The molecule has 6 nitrogen and oxygen atoms in total. The normalized spacial score (nSPS) is 12.4. The topological polar surface area (TPSA) is 73.9 Å². The van der Waals surface area contributed by atoms with E-state index >= 15 is 0 Å². The highest BCUT2D eigenvalue weighted by molar-refractivity contribution is 7.17. The van der Waals surface area contributed by atoms with Crippen LogP contribution in [0.5, 0.6) is 11.5 Å². The van der Waals surface area contributed by atoms with E-state index in [1.54, 1.807) is 13.2 Å². The molecule has 3 aromatic rings. The molecule has 7 heteroatoms. The number of anilines is 1. The second-order valence-electron chi connectivity index (χ2n) is 8.00. The lowest BCUT2D eigenvalue weighted by atomic mass is 10.1. The van der Waals surface area contributed by atoms with Crippen molar-refractivity contribution in [2.24, 2.45) is 0 Å². The van der Waals surface area contributed by atoms with Gasteiger partial charge in [-0.05, 0) is 66.6 Å². The second kappa shape index (κ2) is 10.6. The quantitative estimate of drug-likeness (QED) is 0.339. The van der Waals surface area contributed by atoms with E-state index < -0.39 is 5.97 Å². The molecular formula is C27H27NO5S. The zero-order valence-corrected chi connectivity index (χ0v) is 20.3. The van der Waals surface area contributed by atoms with Crippen molar-refractivity contribution in [3.63, 3.8) is 0 Å². The van der Waals surface area contributed by atoms with Crippen LogP contribution in [0.25, 0.3) is 6.08 Å². The minimum atomic E-state index is -0.412. The van der Waals surface area contributed by atoms with Crippen LogP contribution < -0.4 is 14.8 Å². The monoisotopic (exact) mass is 477 g/mol. The first-order chi connectivity index (χ1) is 16.5. The minimum absolute atomic E-state index is 0.316. The van der Waals surface area contributed by atoms with Crippen LogP contribution in [-0.4, -0.2) is 26.1 Å². The summed E-state index contributed by atoms with van der Waals surface area (Å²) in [5.74, 6) is 0.482. The number of amides is 1. The van der Waals surface area contributed by atoms with Crippen LogP contribution in [0.4, 0.5) is 5.00 Å². The standard InChI is InChI=1S/C27H27NO5S/c1-17-7-4-5-8-19(17)16-33-21-13-11-18(15-22(21)31-2)12-14-24(29)28-26-25(27(30)32-3)20-9-6-10-23(20)34-26/h4-5,7-8,11-15H,6,9-10,16H2,1-3H3,(H,28,29). The van der Waals surface area contributed by atoms with Gasteiger partial charge in [0.25, 0.3) is 0 Å². The maximum absolute atomic E-state index is 12.6. The predicted molar refractivity (Wildman–Crippen MR) is 134 cm³/mol. The van der Waals surface area contributed by atoms with E-state index in [4.69, 9.17) is 14.2 Å². The lowest BCUT2D eigenvalue weighted by molar-refractivity contribution is -0.111. The van der Waals surface area contributed by atoms with E-state index in [1.807, 2.05) is 49.4 Å². The molecule has 0 spiro atoms. The van der Waals surface area contributed by atoms with Gasteiger partial charge >= 0.3 is 5.97 Å². The first-order valence-electron chi connectivity index (χ1n) is 11.1. The Labute approximate surface area is 203 Å². The Balaban J connectivity index is 1.44. The van der Waals surface area contributed by atoms with Gasteiger partial charge in [-0.1, -0.05) is 30.3 Å². The summed E-state index contributed by atoms with van der Waals surface area (Å²) in [5.41, 5.74) is 4.55. The van der Waals surface area contributed by atoms with Gasteiger partial charge in [-0.15, -0.1) is 11.3 Å². The Bertz CT molecular complexity index is 1240. The van der Waals surface area contributed by atoms with Crippen molar-refractivity contribution in [2.45, 2.75) is 32.8 Å². The van der Waals surface area contributed by atoms with Crippen LogP contribution in [0.15, 0.2) is 48.5 Å². The van der Waals surface area contributed by atoms with Crippen LogP contribution in [0, 0.1) is 6.92 Å². The summed E-state index contributed by atoms with van der Waals surface area (Å²) in [7, 11) is 2.94. The average molecular weight is 478 g/mol. The largest absolute Gasteiger partial charge is 0.493 e. The van der Waals surface area contributed by atoms with Gasteiger partial charge in [0.15, 0.2) is 11.5 Å². The third-order valence-corrected chi connectivity index (χ3v) is 7.01. The van der Waals surface area contributed by atoms with Crippen molar-refractivity contribution >= 4 is 34.3 Å². The van der Waals surface area contributed by atoms with Gasteiger partial charge in [-0.2, -0.15) is 0 Å². The maximum Gasteiger partial charge on any atom is 0.341 e. The number of hydrogen-bond donors (Lipinski definition) is 1. The molecule has 0 unspecified atom stereocenters. The van der Waals surface area contributed by atoms with E-state index in [0.717, 1.165) is 40.8 Å². The molecule has 0 radical (unpaired) electrons. The first-order valence-corrected chi connectivity index (χ1v) is 11.9. The lowest BCUT2D eigenvalue weighted by Crippen LogP contribution is -2.12. The first kappa shape index (κ1) is 23.6. The second-order valence-corrected chi connectivity index (χ2v) is 9.11. The highest BCUT2D eigenvalue weighted by Crippen LogP contribution is 2.39. The van der Waals surface area contributed by atoms with E-state index in [0.29, 0.717) is 28.7 Å². The van der Waals surface area contributed by atoms with Crippen LogP contribution in [0.2, 0.25) is 0 Å². The Morgan fingerprint density at radius 1 is 1.09 bits per heavy atom. The number of aryl methyl sites for hydroxylation is 2. The van der Waals surface area contributed by atoms with Gasteiger partial charge in [-0.25, -0.2) is 4.79 Å². The fourth-order valence-corrected chi connectivity index (χ4v) is 5.25. The Hall–Kier alpha value is -3.58. The van der Waals surface area contributed by atoms with Gasteiger partial charge in [0.05, 0.1) is 19.8 Å². The molecule has 1 amide bonds. The fourth-order valence-electron chi connectivity index (χ4n) is 3.97. The number of esters is 1. The summed E-state index contributed by atoms with van der Waals surface area (Å²) in [6.07, 6.45) is 5.91. The van der Waals surface area contributed by atoms with Crippen molar-refractivity contribution in [1.82, 2.24) is 0 Å². The molecular weight excluding hydrogens is 450 g/mol. The summed E-state index contributed by atoms with van der Waals surface area (Å²) in [4.78, 5) is 26.0. The van der Waals surface area contributed by atoms with E-state index in [1.165, 1.54) is 30.1 Å². The Kier molecular flexibility index (Phi) is 7.33. The van der Waals surface area contributed by atoms with Gasteiger partial charge in [0, 0.05) is 11.0 Å². The number of thiophene rings is 1. The summed E-state index contributed by atoms with van der Waals surface area (Å²) >= 11 is 1.45. The predicted octanol–water partition coefficient (Wildman–Crippen LogP) is 5.57. The van der Waals surface area contributed by atoms with E-state index in [2.05, 4.69) is 5.32 Å². The molecule has 0 bridgehead atoms. The van der Waals surface area contributed by atoms with Crippen molar-refractivity contribution < 1.29 is 23.8 Å². The number of carbonyl (C=O) groups excluding carboxylic acids is 2. The molecule has 0 aliphatic heterocycles. The van der Waals surface area contributed by atoms with E-state index in [9.17, 15) is 9.59 Å². The molecule has 34 heavy (non-hydrogen) atoms. The summed E-state index contributed by atoms with van der Waals surface area (Å²) in [6, 6.07) is 13.6. The molecule has 0 saturated carbocycles. The number of hydrogen-bond acceptors (Lipinski definition) is 6. The average Bonchev–Trinajstić information content (AvgIpc) is 3.43. The molecule has 2 aromatic carbocycles. The van der Waals surface area contributed by atoms with Gasteiger partial charge < -0.3 is 19.5 Å².